The van der Waals surface area contributed by atoms with Crippen molar-refractivity contribution in [3.05, 3.63) is 11.1 Å². The zero-order valence-corrected chi connectivity index (χ0v) is 19.7. The Kier molecular flexibility index (Phi) is 8.05. The van der Waals surface area contributed by atoms with E-state index in [1.54, 1.807) is 0 Å². The number of halogens is 2. The number of alkyl halides is 1. The summed E-state index contributed by atoms with van der Waals surface area (Å²) in [4.78, 5) is 12.5. The van der Waals surface area contributed by atoms with E-state index in [0.717, 1.165) is 19.3 Å². The van der Waals surface area contributed by atoms with Crippen molar-refractivity contribution in [1.29, 1.82) is 0 Å². The van der Waals surface area contributed by atoms with Gasteiger partial charge in [-0.3, -0.25) is 4.79 Å². The van der Waals surface area contributed by atoms with Gasteiger partial charge >= 0.3 is 0 Å². The first-order valence-corrected chi connectivity index (χ1v) is 11.9. The molecule has 0 saturated carbocycles. The number of Topliss-reactive ketones (excluding diaryl/α,β-unsaturated/α-hetero) is 1. The van der Waals surface area contributed by atoms with E-state index >= 15 is 0 Å². The van der Waals surface area contributed by atoms with Crippen molar-refractivity contribution in [1.82, 2.24) is 0 Å². The highest BCUT2D eigenvalue weighted by atomic mass is 79.9. The number of ketones is 1. The molecular formula is C21H32BrClO7. The fraction of sp³-hybridized carbons (Fsp3) is 0.857. The summed E-state index contributed by atoms with van der Waals surface area (Å²) in [6.45, 7) is 7.70. The third kappa shape index (κ3) is 4.81. The van der Waals surface area contributed by atoms with E-state index < -0.39 is 36.0 Å². The molecule has 0 aliphatic carbocycles. The Morgan fingerprint density at radius 3 is 2.63 bits per heavy atom. The smallest absolute Gasteiger partial charge is 0.229 e. The van der Waals surface area contributed by atoms with E-state index in [1.807, 2.05) is 6.92 Å². The molecule has 2 unspecified atom stereocenters. The zero-order valence-electron chi connectivity index (χ0n) is 17.4. The van der Waals surface area contributed by atoms with Crippen molar-refractivity contribution in [2.45, 2.75) is 106 Å². The highest BCUT2D eigenvalue weighted by Gasteiger charge is 2.64. The summed E-state index contributed by atoms with van der Waals surface area (Å²) in [6, 6.07) is 0. The summed E-state index contributed by atoms with van der Waals surface area (Å²) >= 11 is 9.38. The minimum absolute atomic E-state index is 0.0632. The molecule has 3 rings (SSSR count). The SMILES string of the molecule is C=C(Br)C[C@H](Cl)CCC(=O)[C@H](O)C1(O)O[C@@H]2C(O[C@H]3CC[C@H](CC)O[C@@H]3[C@@H]2C)[C@H]1O. The second-order valence-corrected chi connectivity index (χ2v) is 10.5. The van der Waals surface area contributed by atoms with Gasteiger partial charge in [0.25, 0.3) is 0 Å². The molecule has 3 heterocycles. The highest BCUT2D eigenvalue weighted by molar-refractivity contribution is 9.11. The summed E-state index contributed by atoms with van der Waals surface area (Å²) in [5.41, 5.74) is 0. The van der Waals surface area contributed by atoms with Crippen LogP contribution in [0.3, 0.4) is 0 Å². The maximum Gasteiger partial charge on any atom is 0.229 e. The quantitative estimate of drug-likeness (QED) is 0.430. The summed E-state index contributed by atoms with van der Waals surface area (Å²) < 4.78 is 18.6. The molecule has 0 radical (unpaired) electrons. The molecule has 0 aromatic carbocycles. The fourth-order valence-corrected chi connectivity index (χ4v) is 5.62. The Morgan fingerprint density at radius 2 is 2.00 bits per heavy atom. The van der Waals surface area contributed by atoms with E-state index in [0.29, 0.717) is 17.3 Å². The first kappa shape index (κ1) is 24.6. The van der Waals surface area contributed by atoms with E-state index in [-0.39, 0.29) is 36.0 Å². The van der Waals surface area contributed by atoms with Crippen molar-refractivity contribution in [2.24, 2.45) is 5.92 Å². The summed E-state index contributed by atoms with van der Waals surface area (Å²) in [6.07, 6.45) is -2.02. The van der Waals surface area contributed by atoms with Crippen LogP contribution in [-0.2, 0) is 19.0 Å². The lowest BCUT2D eigenvalue weighted by Gasteiger charge is -2.47. The monoisotopic (exact) mass is 510 g/mol. The second kappa shape index (κ2) is 9.83. The third-order valence-corrected chi connectivity index (χ3v) is 7.24. The van der Waals surface area contributed by atoms with Crippen LogP contribution >= 0.6 is 27.5 Å². The maximum absolute atomic E-state index is 12.5. The van der Waals surface area contributed by atoms with Crippen molar-refractivity contribution in [2.75, 3.05) is 0 Å². The first-order chi connectivity index (χ1) is 14.1. The van der Waals surface area contributed by atoms with Gasteiger partial charge in [0, 0.05) is 17.7 Å². The van der Waals surface area contributed by atoms with Gasteiger partial charge in [-0.05, 0) is 36.6 Å². The third-order valence-electron chi connectivity index (χ3n) is 6.54. The van der Waals surface area contributed by atoms with Crippen LogP contribution < -0.4 is 0 Å². The molecule has 3 aliphatic heterocycles. The molecule has 3 saturated heterocycles. The summed E-state index contributed by atoms with van der Waals surface area (Å²) in [7, 11) is 0. The van der Waals surface area contributed by atoms with Gasteiger partial charge < -0.3 is 29.5 Å². The van der Waals surface area contributed by atoms with Crippen LogP contribution in [0, 0.1) is 5.92 Å². The predicted octanol–water partition coefficient (Wildman–Crippen LogP) is 2.41. The molecule has 7 nitrogen and oxygen atoms in total. The topological polar surface area (TPSA) is 105 Å². The number of ether oxygens (including phenoxy) is 3. The number of rotatable bonds is 8. The van der Waals surface area contributed by atoms with Gasteiger partial charge in [-0.1, -0.05) is 36.4 Å². The molecule has 3 fully saturated rings. The van der Waals surface area contributed by atoms with Gasteiger partial charge in [-0.25, -0.2) is 0 Å². The zero-order chi connectivity index (χ0) is 22.2. The molecule has 9 heteroatoms. The summed E-state index contributed by atoms with van der Waals surface area (Å²) in [5.74, 6) is -3.25. The normalized spacial score (nSPS) is 42.8. The summed E-state index contributed by atoms with van der Waals surface area (Å²) in [5, 5.41) is 32.0. The largest absolute Gasteiger partial charge is 0.385 e. The Labute approximate surface area is 190 Å². The molecule has 0 spiro atoms. The van der Waals surface area contributed by atoms with Crippen LogP contribution in [0.5, 0.6) is 0 Å². The average molecular weight is 512 g/mol. The molecule has 30 heavy (non-hydrogen) atoms. The van der Waals surface area contributed by atoms with Gasteiger partial charge in [0.2, 0.25) is 5.79 Å². The van der Waals surface area contributed by atoms with Crippen LogP contribution in [0.1, 0.15) is 52.4 Å². The van der Waals surface area contributed by atoms with Gasteiger partial charge in [0.05, 0.1) is 24.4 Å². The van der Waals surface area contributed by atoms with Gasteiger partial charge in [-0.2, -0.15) is 0 Å². The Balaban J connectivity index is 1.67. The second-order valence-electron chi connectivity index (χ2n) is 8.71. The highest BCUT2D eigenvalue weighted by Crippen LogP contribution is 2.45. The Hall–Kier alpha value is -0.0600. The standard InChI is InChI=1S/C21H32BrClO7/c1-4-13-6-8-15-16(28-13)11(3)17-18(29-15)20(26)21(27,30-17)19(25)14(24)7-5-12(23)9-10(2)22/h11-13,15-20,25-27H,2,4-9H2,1,3H3/t11-,12+,13-,15-,16+,17-,18?,19-,20+,21?/m0/s1. The lowest BCUT2D eigenvalue weighted by Crippen LogP contribution is -2.58. The molecular weight excluding hydrogens is 480 g/mol. The van der Waals surface area contributed by atoms with Crippen molar-refractivity contribution < 1.29 is 34.3 Å². The Morgan fingerprint density at radius 1 is 1.30 bits per heavy atom. The molecule has 172 valence electrons. The number of hydrogen-bond donors (Lipinski definition) is 3. The number of fused-ring (bicyclic) bond motifs is 2. The van der Waals surface area contributed by atoms with Crippen molar-refractivity contribution in [3.63, 3.8) is 0 Å². The molecule has 3 aliphatic rings. The van der Waals surface area contributed by atoms with Gasteiger partial charge in [0.1, 0.15) is 12.2 Å². The van der Waals surface area contributed by atoms with E-state index in [1.165, 1.54) is 0 Å². The number of hydrogen-bond acceptors (Lipinski definition) is 7. The van der Waals surface area contributed by atoms with Crippen LogP contribution in [0.15, 0.2) is 11.1 Å². The van der Waals surface area contributed by atoms with Crippen LogP contribution in [0.2, 0.25) is 0 Å². The molecule has 0 amide bonds. The number of aliphatic hydroxyl groups excluding tert-OH is 2. The predicted molar refractivity (Wildman–Crippen MR) is 114 cm³/mol. The van der Waals surface area contributed by atoms with Crippen LogP contribution in [0.4, 0.5) is 0 Å². The minimum Gasteiger partial charge on any atom is -0.385 e. The molecule has 0 aromatic rings. The number of carbonyl (C=O) groups is 1. The fourth-order valence-electron chi connectivity index (χ4n) is 4.75. The molecule has 0 bridgehead atoms. The minimum atomic E-state index is -2.43. The lowest BCUT2D eigenvalue weighted by atomic mass is 9.82. The number of allylic oxidation sites excluding steroid dienone is 1. The lowest BCUT2D eigenvalue weighted by molar-refractivity contribution is -0.279. The van der Waals surface area contributed by atoms with Crippen molar-refractivity contribution >= 4 is 33.3 Å². The number of carbonyl (C=O) groups excluding carboxylic acids is 1. The first-order valence-electron chi connectivity index (χ1n) is 10.7. The van der Waals surface area contributed by atoms with Gasteiger partial charge in [-0.15, -0.1) is 11.6 Å². The molecule has 10 atom stereocenters. The molecule has 3 N–H and O–H groups in total. The number of aliphatic hydroxyl groups is 3. The van der Waals surface area contributed by atoms with E-state index in [2.05, 4.69) is 29.4 Å². The van der Waals surface area contributed by atoms with Crippen LogP contribution in [0.25, 0.3) is 0 Å². The van der Waals surface area contributed by atoms with Crippen molar-refractivity contribution in [3.8, 4) is 0 Å². The van der Waals surface area contributed by atoms with E-state index in [9.17, 15) is 20.1 Å². The van der Waals surface area contributed by atoms with E-state index in [4.69, 9.17) is 25.8 Å². The van der Waals surface area contributed by atoms with Gasteiger partial charge in [0.15, 0.2) is 11.9 Å². The Bertz CT molecular complexity index is 649. The average Bonchev–Trinajstić information content (AvgIpc) is 2.97. The van der Waals surface area contributed by atoms with Crippen LogP contribution in [-0.4, -0.2) is 75.0 Å². The maximum atomic E-state index is 12.5. The molecule has 0 aromatic heterocycles.